The lowest BCUT2D eigenvalue weighted by molar-refractivity contribution is 0.122. The van der Waals surface area contributed by atoms with Crippen LogP contribution in [-0.2, 0) is 6.54 Å². The molecular weight excluding hydrogens is 247 g/mol. The third-order valence-corrected chi connectivity index (χ3v) is 5.48. The zero-order valence-corrected chi connectivity index (χ0v) is 11.8. The van der Waals surface area contributed by atoms with Gasteiger partial charge in [-0.15, -0.1) is 0 Å². The van der Waals surface area contributed by atoms with E-state index in [1.807, 2.05) is 23.9 Å². The lowest BCUT2D eigenvalue weighted by atomic mass is 9.90. The molecule has 2 nitrogen and oxygen atoms in total. The summed E-state index contributed by atoms with van der Waals surface area (Å²) in [6.07, 6.45) is 1.13. The molecule has 2 N–H and O–H groups in total. The molecule has 2 rings (SSSR count). The normalized spacial score (nSPS) is 27.9. The molecule has 0 radical (unpaired) electrons. The maximum Gasteiger partial charge on any atom is 0.123 e. The molecule has 1 heterocycles. The van der Waals surface area contributed by atoms with Crippen molar-refractivity contribution >= 4 is 11.8 Å². The molecule has 1 aliphatic rings. The van der Waals surface area contributed by atoms with Crippen molar-refractivity contribution < 1.29 is 4.39 Å². The van der Waals surface area contributed by atoms with E-state index in [4.69, 9.17) is 5.73 Å². The number of hydrogen-bond acceptors (Lipinski definition) is 3. The van der Waals surface area contributed by atoms with Gasteiger partial charge in [-0.3, -0.25) is 4.90 Å². The molecular formula is C14H21FN2S. The number of halogens is 1. The Labute approximate surface area is 113 Å². The predicted octanol–water partition coefficient (Wildman–Crippen LogP) is 2.48. The highest BCUT2D eigenvalue weighted by Gasteiger charge is 2.42. The summed E-state index contributed by atoms with van der Waals surface area (Å²) in [5.41, 5.74) is 7.24. The van der Waals surface area contributed by atoms with Crippen LogP contribution in [0.1, 0.15) is 18.9 Å². The lowest BCUT2D eigenvalue weighted by Gasteiger charge is -2.41. The smallest absolute Gasteiger partial charge is 0.123 e. The van der Waals surface area contributed by atoms with Crippen molar-refractivity contribution in [2.24, 2.45) is 5.73 Å². The first-order valence-corrected chi connectivity index (χ1v) is 7.41. The number of nitrogens with zero attached hydrogens (tertiary/aromatic N) is 1. The highest BCUT2D eigenvalue weighted by atomic mass is 32.2. The molecule has 4 heteroatoms. The van der Waals surface area contributed by atoms with Crippen LogP contribution < -0.4 is 5.73 Å². The van der Waals surface area contributed by atoms with Crippen LogP contribution in [0.25, 0.3) is 0 Å². The molecule has 0 amide bonds. The van der Waals surface area contributed by atoms with Crippen molar-refractivity contribution in [3.63, 3.8) is 0 Å². The van der Waals surface area contributed by atoms with Crippen LogP contribution in [0.2, 0.25) is 0 Å². The van der Waals surface area contributed by atoms with Gasteiger partial charge in [-0.25, -0.2) is 4.39 Å². The molecule has 100 valence electrons. The van der Waals surface area contributed by atoms with Gasteiger partial charge in [-0.1, -0.05) is 19.1 Å². The molecule has 0 bridgehead atoms. The summed E-state index contributed by atoms with van der Waals surface area (Å²) >= 11 is 1.99. The minimum Gasteiger partial charge on any atom is -0.329 e. The summed E-state index contributed by atoms with van der Waals surface area (Å²) in [6.45, 7) is 3.76. The highest BCUT2D eigenvalue weighted by molar-refractivity contribution is 8.00. The lowest BCUT2D eigenvalue weighted by Crippen LogP contribution is -2.55. The largest absolute Gasteiger partial charge is 0.329 e. The fraction of sp³-hybridized carbons (Fsp3) is 0.571. The molecule has 1 saturated heterocycles. The van der Waals surface area contributed by atoms with Gasteiger partial charge >= 0.3 is 0 Å². The topological polar surface area (TPSA) is 29.3 Å². The van der Waals surface area contributed by atoms with Gasteiger partial charge in [0.1, 0.15) is 5.82 Å². The van der Waals surface area contributed by atoms with E-state index in [0.29, 0.717) is 11.8 Å². The van der Waals surface area contributed by atoms with E-state index in [0.717, 1.165) is 18.5 Å². The van der Waals surface area contributed by atoms with E-state index >= 15 is 0 Å². The van der Waals surface area contributed by atoms with Gasteiger partial charge < -0.3 is 5.73 Å². The van der Waals surface area contributed by atoms with Crippen molar-refractivity contribution in [3.8, 4) is 0 Å². The minimum absolute atomic E-state index is 0.0824. The Kier molecular flexibility index (Phi) is 4.30. The molecule has 0 aliphatic carbocycles. The Morgan fingerprint density at radius 3 is 2.61 bits per heavy atom. The minimum atomic E-state index is -0.181. The van der Waals surface area contributed by atoms with Crippen molar-refractivity contribution in [2.75, 3.05) is 19.3 Å². The van der Waals surface area contributed by atoms with Gasteiger partial charge in [-0.05, 0) is 36.9 Å². The van der Waals surface area contributed by atoms with Crippen molar-refractivity contribution in [1.29, 1.82) is 0 Å². The van der Waals surface area contributed by atoms with Crippen molar-refractivity contribution in [1.82, 2.24) is 4.90 Å². The molecule has 1 fully saturated rings. The zero-order valence-electron chi connectivity index (χ0n) is 11.0. The number of benzene rings is 1. The standard InChI is InChI=1S/C14H21FN2S/c1-11-14(10-16,7-8-18-11)17(2)9-12-3-5-13(15)6-4-12/h3-6,11H,7-10,16H2,1-2H3. The molecule has 2 unspecified atom stereocenters. The fourth-order valence-electron chi connectivity index (χ4n) is 2.72. The van der Waals surface area contributed by atoms with Crippen LogP contribution in [-0.4, -0.2) is 35.0 Å². The van der Waals surface area contributed by atoms with E-state index in [-0.39, 0.29) is 11.4 Å². The summed E-state index contributed by atoms with van der Waals surface area (Å²) in [7, 11) is 2.12. The van der Waals surface area contributed by atoms with Gasteiger partial charge in [0.05, 0.1) is 0 Å². The number of thioether (sulfide) groups is 1. The first kappa shape index (κ1) is 13.8. The Morgan fingerprint density at radius 2 is 2.11 bits per heavy atom. The van der Waals surface area contributed by atoms with Gasteiger partial charge in [0.25, 0.3) is 0 Å². The second-order valence-electron chi connectivity index (χ2n) is 5.05. The predicted molar refractivity (Wildman–Crippen MR) is 76.2 cm³/mol. The summed E-state index contributed by atoms with van der Waals surface area (Å²) in [5.74, 6) is 0.992. The number of rotatable bonds is 4. The van der Waals surface area contributed by atoms with Crippen molar-refractivity contribution in [2.45, 2.75) is 30.7 Å². The third kappa shape index (κ3) is 2.56. The fourth-order valence-corrected chi connectivity index (χ4v) is 4.25. The van der Waals surface area contributed by atoms with Gasteiger partial charge in [0.15, 0.2) is 0 Å². The van der Waals surface area contributed by atoms with Gasteiger partial charge in [-0.2, -0.15) is 11.8 Å². The Morgan fingerprint density at radius 1 is 1.44 bits per heavy atom. The maximum atomic E-state index is 12.9. The number of likely N-dealkylation sites (N-methyl/N-ethyl adjacent to an activating group) is 1. The van der Waals surface area contributed by atoms with Gasteiger partial charge in [0.2, 0.25) is 0 Å². The monoisotopic (exact) mass is 268 g/mol. The summed E-state index contributed by atoms with van der Waals surface area (Å²) in [5, 5.41) is 0.549. The second-order valence-corrected chi connectivity index (χ2v) is 6.50. The second kappa shape index (κ2) is 5.59. The Hall–Kier alpha value is -0.580. The van der Waals surface area contributed by atoms with Crippen LogP contribution in [0, 0.1) is 5.82 Å². The quantitative estimate of drug-likeness (QED) is 0.909. The molecule has 0 spiro atoms. The molecule has 2 atom stereocenters. The Bertz CT molecular complexity index is 395. The van der Waals surface area contributed by atoms with Crippen LogP contribution in [0.3, 0.4) is 0 Å². The average molecular weight is 268 g/mol. The van der Waals surface area contributed by atoms with Gasteiger partial charge in [0, 0.05) is 23.9 Å². The molecule has 0 aromatic heterocycles. The summed E-state index contributed by atoms with van der Waals surface area (Å²) in [6, 6.07) is 6.74. The highest BCUT2D eigenvalue weighted by Crippen LogP contribution is 2.39. The molecule has 1 aliphatic heterocycles. The number of hydrogen-bond donors (Lipinski definition) is 1. The number of nitrogens with two attached hydrogens (primary N) is 1. The third-order valence-electron chi connectivity index (χ3n) is 4.11. The van der Waals surface area contributed by atoms with E-state index in [9.17, 15) is 4.39 Å². The molecule has 18 heavy (non-hydrogen) atoms. The van der Waals surface area contributed by atoms with E-state index < -0.39 is 0 Å². The zero-order chi connectivity index (χ0) is 13.2. The van der Waals surface area contributed by atoms with E-state index in [1.165, 1.54) is 17.9 Å². The molecule has 1 aromatic rings. The Balaban J connectivity index is 2.10. The van der Waals surface area contributed by atoms with Crippen LogP contribution in [0.15, 0.2) is 24.3 Å². The van der Waals surface area contributed by atoms with Crippen LogP contribution in [0.5, 0.6) is 0 Å². The maximum absolute atomic E-state index is 12.9. The molecule has 0 saturated carbocycles. The first-order chi connectivity index (χ1) is 8.58. The van der Waals surface area contributed by atoms with E-state index in [1.54, 1.807) is 0 Å². The van der Waals surface area contributed by atoms with Crippen LogP contribution in [0.4, 0.5) is 4.39 Å². The molecule has 1 aromatic carbocycles. The summed E-state index contributed by atoms with van der Waals surface area (Å²) in [4.78, 5) is 2.34. The summed E-state index contributed by atoms with van der Waals surface area (Å²) < 4.78 is 12.9. The first-order valence-electron chi connectivity index (χ1n) is 6.36. The van der Waals surface area contributed by atoms with Crippen molar-refractivity contribution in [3.05, 3.63) is 35.6 Å². The van der Waals surface area contributed by atoms with E-state index in [2.05, 4.69) is 18.9 Å². The average Bonchev–Trinajstić information content (AvgIpc) is 2.74. The SMILES string of the molecule is CC1SCCC1(CN)N(C)Cc1ccc(F)cc1. The van der Waals surface area contributed by atoms with Crippen LogP contribution >= 0.6 is 11.8 Å².